The molecule has 0 saturated carbocycles. The van der Waals surface area contributed by atoms with Crippen molar-refractivity contribution in [3.63, 3.8) is 0 Å². The van der Waals surface area contributed by atoms with Gasteiger partial charge in [-0.25, -0.2) is 4.98 Å². The summed E-state index contributed by atoms with van der Waals surface area (Å²) in [6, 6.07) is 5.83. The lowest BCUT2D eigenvalue weighted by atomic mass is 10.3. The SMILES string of the molecule is Cc1ccc(C(=O)NCCNc2ccc(C(F)(F)F)cn2)s1. The second kappa shape index (κ2) is 6.78. The van der Waals surface area contributed by atoms with Gasteiger partial charge in [0, 0.05) is 24.2 Å². The highest BCUT2D eigenvalue weighted by molar-refractivity contribution is 7.13. The lowest BCUT2D eigenvalue weighted by molar-refractivity contribution is -0.137. The van der Waals surface area contributed by atoms with E-state index in [0.717, 1.165) is 17.1 Å². The van der Waals surface area contributed by atoms with E-state index < -0.39 is 11.7 Å². The van der Waals surface area contributed by atoms with Crippen molar-refractivity contribution in [1.82, 2.24) is 10.3 Å². The van der Waals surface area contributed by atoms with Gasteiger partial charge in [0.1, 0.15) is 5.82 Å². The fourth-order valence-corrected chi connectivity index (χ4v) is 2.46. The number of aryl methyl sites for hydroxylation is 1. The Hall–Kier alpha value is -2.09. The number of halogens is 3. The number of nitrogens with zero attached hydrogens (tertiary/aromatic N) is 1. The van der Waals surface area contributed by atoms with Crippen LogP contribution in [-0.2, 0) is 6.18 Å². The first-order chi connectivity index (χ1) is 10.4. The van der Waals surface area contributed by atoms with Gasteiger partial charge >= 0.3 is 6.18 Å². The van der Waals surface area contributed by atoms with Crippen molar-refractivity contribution in [2.75, 3.05) is 18.4 Å². The van der Waals surface area contributed by atoms with E-state index in [-0.39, 0.29) is 5.91 Å². The molecule has 2 N–H and O–H groups in total. The normalized spacial score (nSPS) is 11.3. The van der Waals surface area contributed by atoms with Crippen LogP contribution in [0.15, 0.2) is 30.5 Å². The summed E-state index contributed by atoms with van der Waals surface area (Å²) in [6.07, 6.45) is -3.62. The Bertz CT molecular complexity index is 638. The van der Waals surface area contributed by atoms with Gasteiger partial charge in [0.15, 0.2) is 0 Å². The number of pyridine rings is 1. The summed E-state index contributed by atoms with van der Waals surface area (Å²) >= 11 is 1.40. The van der Waals surface area contributed by atoms with Crippen LogP contribution in [0.2, 0.25) is 0 Å². The molecule has 0 bridgehead atoms. The minimum atomic E-state index is -4.39. The van der Waals surface area contributed by atoms with E-state index in [1.807, 2.05) is 13.0 Å². The number of thiophene rings is 1. The van der Waals surface area contributed by atoms with Gasteiger partial charge in [0.25, 0.3) is 5.91 Å². The van der Waals surface area contributed by atoms with E-state index in [1.165, 1.54) is 17.4 Å². The van der Waals surface area contributed by atoms with Gasteiger partial charge in [-0.2, -0.15) is 13.2 Å². The zero-order valence-electron chi connectivity index (χ0n) is 11.7. The van der Waals surface area contributed by atoms with E-state index >= 15 is 0 Å². The maximum Gasteiger partial charge on any atom is 0.417 e. The molecule has 0 radical (unpaired) electrons. The van der Waals surface area contributed by atoms with E-state index in [4.69, 9.17) is 0 Å². The fraction of sp³-hybridized carbons (Fsp3) is 0.286. The van der Waals surface area contributed by atoms with E-state index in [9.17, 15) is 18.0 Å². The van der Waals surface area contributed by atoms with E-state index in [2.05, 4.69) is 15.6 Å². The van der Waals surface area contributed by atoms with Gasteiger partial charge in [0.2, 0.25) is 0 Å². The molecule has 0 aliphatic rings. The number of carbonyl (C=O) groups is 1. The number of carbonyl (C=O) groups excluding carboxylic acids is 1. The second-order valence-corrected chi connectivity index (χ2v) is 5.81. The third-order valence-corrected chi connectivity index (χ3v) is 3.77. The monoisotopic (exact) mass is 329 g/mol. The Morgan fingerprint density at radius 2 is 2.00 bits per heavy atom. The first-order valence-corrected chi connectivity index (χ1v) is 7.29. The lowest BCUT2D eigenvalue weighted by Crippen LogP contribution is -2.28. The number of amides is 1. The molecule has 22 heavy (non-hydrogen) atoms. The minimum Gasteiger partial charge on any atom is -0.368 e. The molecule has 0 aromatic carbocycles. The standard InChI is InChI=1S/C14H14F3N3OS/c1-9-2-4-11(22-9)13(21)19-7-6-18-12-5-3-10(8-20-12)14(15,16)17/h2-5,8H,6-7H2,1H3,(H,18,20)(H,19,21). The van der Waals surface area contributed by atoms with Gasteiger partial charge in [-0.1, -0.05) is 0 Å². The molecule has 2 aromatic rings. The first-order valence-electron chi connectivity index (χ1n) is 6.48. The third-order valence-electron chi connectivity index (χ3n) is 2.77. The predicted molar refractivity (Wildman–Crippen MR) is 79.1 cm³/mol. The van der Waals surface area contributed by atoms with Crippen molar-refractivity contribution >= 4 is 23.1 Å². The van der Waals surface area contributed by atoms with Crippen LogP contribution in [0.3, 0.4) is 0 Å². The summed E-state index contributed by atoms with van der Waals surface area (Å²) in [6.45, 7) is 2.63. The van der Waals surface area contributed by atoms with E-state index in [1.54, 1.807) is 6.07 Å². The maximum atomic E-state index is 12.4. The van der Waals surface area contributed by atoms with Crippen molar-refractivity contribution in [3.05, 3.63) is 45.8 Å². The van der Waals surface area contributed by atoms with Crippen LogP contribution in [0.25, 0.3) is 0 Å². The molecule has 0 atom stereocenters. The highest BCUT2D eigenvalue weighted by atomic mass is 32.1. The molecule has 0 aliphatic carbocycles. The average molecular weight is 329 g/mol. The molecular formula is C14H14F3N3OS. The molecule has 0 saturated heterocycles. The number of alkyl halides is 3. The molecule has 0 unspecified atom stereocenters. The van der Waals surface area contributed by atoms with Crippen LogP contribution in [-0.4, -0.2) is 24.0 Å². The zero-order valence-corrected chi connectivity index (χ0v) is 12.5. The van der Waals surface area contributed by atoms with Crippen molar-refractivity contribution in [2.24, 2.45) is 0 Å². The molecule has 2 aromatic heterocycles. The van der Waals surface area contributed by atoms with Gasteiger partial charge in [-0.15, -0.1) is 11.3 Å². The summed E-state index contributed by atoms with van der Waals surface area (Å²) in [5.74, 6) is 0.162. The van der Waals surface area contributed by atoms with Crippen molar-refractivity contribution < 1.29 is 18.0 Å². The van der Waals surface area contributed by atoms with Gasteiger partial charge in [0.05, 0.1) is 10.4 Å². The number of aromatic nitrogens is 1. The Morgan fingerprint density at radius 3 is 2.55 bits per heavy atom. The van der Waals surface area contributed by atoms with E-state index in [0.29, 0.717) is 23.8 Å². The Labute approximate surface area is 129 Å². The molecule has 0 aliphatic heterocycles. The molecule has 2 heterocycles. The molecule has 8 heteroatoms. The molecule has 4 nitrogen and oxygen atoms in total. The van der Waals surface area contributed by atoms with Crippen LogP contribution >= 0.6 is 11.3 Å². The van der Waals surface area contributed by atoms with Crippen LogP contribution in [0.1, 0.15) is 20.1 Å². The van der Waals surface area contributed by atoms with Gasteiger partial charge < -0.3 is 10.6 Å². The zero-order chi connectivity index (χ0) is 16.2. The summed E-state index contributed by atoms with van der Waals surface area (Å²) < 4.78 is 37.1. The lowest BCUT2D eigenvalue weighted by Gasteiger charge is -2.09. The average Bonchev–Trinajstić information content (AvgIpc) is 2.89. The van der Waals surface area contributed by atoms with Crippen molar-refractivity contribution in [1.29, 1.82) is 0 Å². The van der Waals surface area contributed by atoms with Crippen LogP contribution in [0, 0.1) is 6.92 Å². The van der Waals surface area contributed by atoms with Crippen LogP contribution < -0.4 is 10.6 Å². The number of hydrogen-bond acceptors (Lipinski definition) is 4. The summed E-state index contributed by atoms with van der Waals surface area (Å²) in [7, 11) is 0. The maximum absolute atomic E-state index is 12.4. The Kier molecular flexibility index (Phi) is 5.02. The summed E-state index contributed by atoms with van der Waals surface area (Å²) in [5.41, 5.74) is -0.792. The fourth-order valence-electron chi connectivity index (χ4n) is 1.68. The summed E-state index contributed by atoms with van der Waals surface area (Å²) in [4.78, 5) is 17.1. The minimum absolute atomic E-state index is 0.166. The third kappa shape index (κ3) is 4.45. The highest BCUT2D eigenvalue weighted by Crippen LogP contribution is 2.28. The predicted octanol–water partition coefficient (Wildman–Crippen LogP) is 3.31. The number of anilines is 1. The number of nitrogens with one attached hydrogen (secondary N) is 2. The van der Waals surface area contributed by atoms with Crippen molar-refractivity contribution in [2.45, 2.75) is 13.1 Å². The topological polar surface area (TPSA) is 54.0 Å². The molecule has 0 fully saturated rings. The van der Waals surface area contributed by atoms with Gasteiger partial charge in [-0.3, -0.25) is 4.79 Å². The molecule has 118 valence electrons. The van der Waals surface area contributed by atoms with Gasteiger partial charge in [-0.05, 0) is 31.2 Å². The molecule has 2 rings (SSSR count). The largest absolute Gasteiger partial charge is 0.417 e. The van der Waals surface area contributed by atoms with Crippen LogP contribution in [0.5, 0.6) is 0 Å². The quantitative estimate of drug-likeness (QED) is 0.828. The Balaban J connectivity index is 1.76. The smallest absolute Gasteiger partial charge is 0.368 e. The van der Waals surface area contributed by atoms with Crippen LogP contribution in [0.4, 0.5) is 19.0 Å². The highest BCUT2D eigenvalue weighted by Gasteiger charge is 2.30. The Morgan fingerprint density at radius 1 is 1.23 bits per heavy atom. The number of rotatable bonds is 5. The van der Waals surface area contributed by atoms with Crippen molar-refractivity contribution in [3.8, 4) is 0 Å². The number of hydrogen-bond donors (Lipinski definition) is 2. The molecule has 0 spiro atoms. The second-order valence-electron chi connectivity index (χ2n) is 4.52. The molecule has 1 amide bonds. The summed E-state index contributed by atoms with van der Waals surface area (Å²) in [5, 5.41) is 5.56. The first kappa shape index (κ1) is 16.3. The molecular weight excluding hydrogens is 315 g/mol.